The van der Waals surface area contributed by atoms with Crippen molar-refractivity contribution in [1.29, 1.82) is 0 Å². The van der Waals surface area contributed by atoms with Gasteiger partial charge in [-0.05, 0) is 35.3 Å². The standard InChI is InChI=1S/C19H18N4O2/c24-12-15(10-14-11-20-17-9-5-4-8-16(14)17)21-19-22-18(25-23-19)13-6-2-1-3-7-13/h1-9,11,15,20,24H,10,12H2,(H,21,23). The smallest absolute Gasteiger partial charge is 0.264 e. The van der Waals surface area contributed by atoms with E-state index in [-0.39, 0.29) is 12.6 Å². The number of benzene rings is 2. The van der Waals surface area contributed by atoms with E-state index in [0.717, 1.165) is 22.0 Å². The second kappa shape index (κ2) is 6.78. The zero-order chi connectivity index (χ0) is 17.1. The van der Waals surface area contributed by atoms with Crippen molar-refractivity contribution in [3.63, 3.8) is 0 Å². The fourth-order valence-electron chi connectivity index (χ4n) is 2.89. The van der Waals surface area contributed by atoms with Crippen LogP contribution in [0.3, 0.4) is 0 Å². The molecule has 4 aromatic rings. The highest BCUT2D eigenvalue weighted by Gasteiger charge is 2.15. The Labute approximate surface area is 144 Å². The van der Waals surface area contributed by atoms with Crippen molar-refractivity contribution in [2.75, 3.05) is 11.9 Å². The van der Waals surface area contributed by atoms with Crippen LogP contribution in [0.5, 0.6) is 0 Å². The fraction of sp³-hybridized carbons (Fsp3) is 0.158. The number of anilines is 1. The number of aliphatic hydroxyl groups is 1. The molecule has 0 saturated heterocycles. The molecule has 4 rings (SSSR count). The minimum Gasteiger partial charge on any atom is -0.394 e. The van der Waals surface area contributed by atoms with Crippen LogP contribution in [0.4, 0.5) is 5.95 Å². The molecule has 1 atom stereocenters. The number of H-pyrrole nitrogens is 1. The Bertz CT molecular complexity index is 962. The number of fused-ring (bicyclic) bond motifs is 1. The van der Waals surface area contributed by atoms with Gasteiger partial charge in [0.05, 0.1) is 12.6 Å². The average Bonchev–Trinajstić information content (AvgIpc) is 3.29. The molecule has 0 aliphatic heterocycles. The third-order valence-corrected chi connectivity index (χ3v) is 4.14. The normalized spacial score (nSPS) is 12.4. The summed E-state index contributed by atoms with van der Waals surface area (Å²) in [6, 6.07) is 17.5. The lowest BCUT2D eigenvalue weighted by atomic mass is 10.1. The summed E-state index contributed by atoms with van der Waals surface area (Å²) in [5.41, 5.74) is 3.08. The van der Waals surface area contributed by atoms with Gasteiger partial charge >= 0.3 is 0 Å². The van der Waals surface area contributed by atoms with E-state index in [2.05, 4.69) is 26.5 Å². The number of aliphatic hydroxyl groups excluding tert-OH is 1. The lowest BCUT2D eigenvalue weighted by Gasteiger charge is -2.14. The summed E-state index contributed by atoms with van der Waals surface area (Å²) in [6.07, 6.45) is 2.62. The zero-order valence-corrected chi connectivity index (χ0v) is 13.5. The summed E-state index contributed by atoms with van der Waals surface area (Å²) >= 11 is 0. The van der Waals surface area contributed by atoms with Crippen LogP contribution in [0.2, 0.25) is 0 Å². The lowest BCUT2D eigenvalue weighted by molar-refractivity contribution is 0.273. The van der Waals surface area contributed by atoms with Crippen LogP contribution in [0.15, 0.2) is 65.3 Å². The van der Waals surface area contributed by atoms with Gasteiger partial charge in [-0.2, -0.15) is 4.98 Å². The number of aromatic amines is 1. The second-order valence-electron chi connectivity index (χ2n) is 5.88. The van der Waals surface area contributed by atoms with Crippen LogP contribution in [0.1, 0.15) is 5.56 Å². The number of aromatic nitrogens is 3. The van der Waals surface area contributed by atoms with Gasteiger partial charge in [0, 0.05) is 22.7 Å². The molecule has 0 saturated carbocycles. The molecule has 126 valence electrons. The van der Waals surface area contributed by atoms with Crippen molar-refractivity contribution in [1.82, 2.24) is 15.1 Å². The van der Waals surface area contributed by atoms with Gasteiger partial charge in [-0.25, -0.2) is 0 Å². The van der Waals surface area contributed by atoms with E-state index in [1.165, 1.54) is 0 Å². The molecule has 25 heavy (non-hydrogen) atoms. The topological polar surface area (TPSA) is 87.0 Å². The summed E-state index contributed by atoms with van der Waals surface area (Å²) < 4.78 is 5.29. The molecule has 0 amide bonds. The molecule has 6 nitrogen and oxygen atoms in total. The molecule has 0 radical (unpaired) electrons. The van der Waals surface area contributed by atoms with Crippen molar-refractivity contribution in [3.05, 3.63) is 66.4 Å². The number of hydrogen-bond acceptors (Lipinski definition) is 5. The maximum atomic E-state index is 9.72. The lowest BCUT2D eigenvalue weighted by Crippen LogP contribution is -2.26. The minimum absolute atomic E-state index is 0.0330. The first-order valence-electron chi connectivity index (χ1n) is 8.15. The Morgan fingerprint density at radius 2 is 1.88 bits per heavy atom. The Balaban J connectivity index is 1.50. The predicted octanol–water partition coefficient (Wildman–Crippen LogP) is 3.23. The van der Waals surface area contributed by atoms with Crippen LogP contribution < -0.4 is 5.32 Å². The molecule has 0 aliphatic carbocycles. The van der Waals surface area contributed by atoms with Gasteiger partial charge in [-0.3, -0.25) is 0 Å². The molecule has 2 aromatic carbocycles. The summed E-state index contributed by atoms with van der Waals surface area (Å²) in [6.45, 7) is -0.0330. The van der Waals surface area contributed by atoms with Crippen LogP contribution in [0.25, 0.3) is 22.4 Å². The third kappa shape index (κ3) is 3.25. The summed E-state index contributed by atoms with van der Waals surface area (Å²) in [7, 11) is 0. The van der Waals surface area contributed by atoms with Crippen molar-refractivity contribution in [2.24, 2.45) is 0 Å². The Morgan fingerprint density at radius 1 is 1.08 bits per heavy atom. The van der Waals surface area contributed by atoms with Gasteiger partial charge in [0.25, 0.3) is 11.8 Å². The molecule has 2 heterocycles. The number of nitrogens with one attached hydrogen (secondary N) is 2. The molecular weight excluding hydrogens is 316 g/mol. The van der Waals surface area contributed by atoms with E-state index in [1.807, 2.05) is 54.7 Å². The van der Waals surface area contributed by atoms with Crippen LogP contribution in [-0.4, -0.2) is 32.9 Å². The van der Waals surface area contributed by atoms with E-state index in [4.69, 9.17) is 4.52 Å². The maximum Gasteiger partial charge on any atom is 0.264 e. The SMILES string of the molecule is OCC(Cc1c[nH]c2ccccc12)Nc1noc(-c2ccccc2)n1. The summed E-state index contributed by atoms with van der Waals surface area (Å²) in [5.74, 6) is 0.824. The second-order valence-corrected chi connectivity index (χ2v) is 5.88. The number of nitrogens with zero attached hydrogens (tertiary/aromatic N) is 2. The van der Waals surface area contributed by atoms with Crippen molar-refractivity contribution < 1.29 is 9.63 Å². The van der Waals surface area contributed by atoms with E-state index in [9.17, 15) is 5.11 Å². The van der Waals surface area contributed by atoms with Crippen molar-refractivity contribution in [3.8, 4) is 11.5 Å². The first-order chi connectivity index (χ1) is 12.3. The van der Waals surface area contributed by atoms with Crippen LogP contribution in [0, 0.1) is 0 Å². The van der Waals surface area contributed by atoms with Crippen LogP contribution in [-0.2, 0) is 6.42 Å². The van der Waals surface area contributed by atoms with Gasteiger partial charge in [-0.15, -0.1) is 0 Å². The monoisotopic (exact) mass is 334 g/mol. The van der Waals surface area contributed by atoms with Gasteiger partial charge in [0.1, 0.15) is 0 Å². The molecule has 3 N–H and O–H groups in total. The summed E-state index contributed by atoms with van der Waals surface area (Å²) in [5, 5.41) is 18.0. The largest absolute Gasteiger partial charge is 0.394 e. The average molecular weight is 334 g/mol. The van der Waals surface area contributed by atoms with E-state index in [1.54, 1.807) is 0 Å². The highest BCUT2D eigenvalue weighted by Crippen LogP contribution is 2.21. The van der Waals surface area contributed by atoms with Gasteiger partial charge in [-0.1, -0.05) is 36.4 Å². The van der Waals surface area contributed by atoms with E-state index >= 15 is 0 Å². The fourth-order valence-corrected chi connectivity index (χ4v) is 2.89. The van der Waals surface area contributed by atoms with E-state index in [0.29, 0.717) is 18.3 Å². The van der Waals surface area contributed by atoms with E-state index < -0.39 is 0 Å². The highest BCUT2D eigenvalue weighted by atomic mass is 16.5. The first kappa shape index (κ1) is 15.4. The van der Waals surface area contributed by atoms with Gasteiger partial charge < -0.3 is 19.9 Å². The Kier molecular flexibility index (Phi) is 4.18. The maximum absolute atomic E-state index is 9.72. The van der Waals surface area contributed by atoms with Crippen molar-refractivity contribution >= 4 is 16.9 Å². The predicted molar refractivity (Wildman–Crippen MR) is 96.2 cm³/mol. The molecule has 0 bridgehead atoms. The van der Waals surface area contributed by atoms with Crippen LogP contribution >= 0.6 is 0 Å². The minimum atomic E-state index is -0.208. The molecule has 2 aromatic heterocycles. The quantitative estimate of drug-likeness (QED) is 0.504. The molecule has 6 heteroatoms. The highest BCUT2D eigenvalue weighted by molar-refractivity contribution is 5.83. The third-order valence-electron chi connectivity index (χ3n) is 4.14. The zero-order valence-electron chi connectivity index (χ0n) is 13.5. The van der Waals surface area contributed by atoms with Gasteiger partial charge in [0.15, 0.2) is 0 Å². The molecule has 1 unspecified atom stereocenters. The molecule has 0 aliphatic rings. The van der Waals surface area contributed by atoms with Crippen molar-refractivity contribution in [2.45, 2.75) is 12.5 Å². The summed E-state index contributed by atoms with van der Waals surface area (Å²) in [4.78, 5) is 7.60. The molecular formula is C19H18N4O2. The molecule has 0 fully saturated rings. The Morgan fingerprint density at radius 3 is 2.72 bits per heavy atom. The first-order valence-corrected chi connectivity index (χ1v) is 8.15. The number of para-hydroxylation sites is 1. The molecule has 0 spiro atoms. The number of hydrogen-bond donors (Lipinski definition) is 3. The Hall–Kier alpha value is -3.12. The number of rotatable bonds is 6. The van der Waals surface area contributed by atoms with Gasteiger partial charge in [0.2, 0.25) is 0 Å².